The molecule has 0 bridgehead atoms. The van der Waals surface area contributed by atoms with Crippen molar-refractivity contribution >= 4 is 40.9 Å². The van der Waals surface area contributed by atoms with Crippen LogP contribution in [0.25, 0.3) is 0 Å². The summed E-state index contributed by atoms with van der Waals surface area (Å²) in [5.74, 6) is 0.839. The largest absolute Gasteiger partial charge is 0.485 e. The van der Waals surface area contributed by atoms with Crippen LogP contribution in [0.2, 0.25) is 5.02 Å². The number of ether oxygens (including phenoxy) is 2. The number of nitrogens with zero attached hydrogens (tertiary/aromatic N) is 3. The summed E-state index contributed by atoms with van der Waals surface area (Å²) < 4.78 is 13.1. The average molecular weight is 517 g/mol. The van der Waals surface area contributed by atoms with E-state index in [4.69, 9.17) is 21.1 Å². The Bertz CT molecular complexity index is 1190. The molecule has 0 aliphatic heterocycles. The molecule has 10 heteroatoms. The van der Waals surface area contributed by atoms with Gasteiger partial charge in [0.05, 0.1) is 28.1 Å². The Morgan fingerprint density at radius 3 is 2.51 bits per heavy atom. The van der Waals surface area contributed by atoms with Crippen LogP contribution in [-0.4, -0.2) is 38.5 Å². The fourth-order valence-corrected chi connectivity index (χ4v) is 4.35. The van der Waals surface area contributed by atoms with Gasteiger partial charge in [-0.1, -0.05) is 41.6 Å². The van der Waals surface area contributed by atoms with Crippen molar-refractivity contribution in [3.05, 3.63) is 63.9 Å². The second-order valence-electron chi connectivity index (χ2n) is 8.14. The molecule has 186 valence electrons. The Labute approximate surface area is 214 Å². The number of aromatic nitrogens is 3. The Morgan fingerprint density at radius 1 is 1.14 bits per heavy atom. The lowest BCUT2D eigenvalue weighted by Crippen LogP contribution is -2.16. The zero-order valence-corrected chi connectivity index (χ0v) is 22.0. The molecule has 1 heterocycles. The van der Waals surface area contributed by atoms with Gasteiger partial charge in [-0.05, 0) is 63.9 Å². The highest BCUT2D eigenvalue weighted by Crippen LogP contribution is 2.26. The number of aryl methyl sites for hydroxylation is 2. The highest BCUT2D eigenvalue weighted by atomic mass is 35.5. The third-order valence-electron chi connectivity index (χ3n) is 5.02. The van der Waals surface area contributed by atoms with Gasteiger partial charge < -0.3 is 19.4 Å². The van der Waals surface area contributed by atoms with Gasteiger partial charge in [0.1, 0.15) is 12.4 Å². The number of thioether (sulfide) groups is 1. The van der Waals surface area contributed by atoms with Gasteiger partial charge in [0.25, 0.3) is 0 Å². The van der Waals surface area contributed by atoms with E-state index in [1.165, 1.54) is 17.8 Å². The van der Waals surface area contributed by atoms with E-state index in [2.05, 4.69) is 15.5 Å². The molecule has 0 saturated carbocycles. The topological polar surface area (TPSA) is 95.3 Å². The maximum Gasteiger partial charge on any atom is 0.338 e. The fraction of sp³-hybridized carbons (Fsp3) is 0.360. The first-order valence-corrected chi connectivity index (χ1v) is 12.6. The number of carbonyl (C=O) groups is 2. The van der Waals surface area contributed by atoms with Crippen molar-refractivity contribution in [3.63, 3.8) is 0 Å². The number of para-hydroxylation sites is 1. The Kier molecular flexibility index (Phi) is 9.17. The Balaban J connectivity index is 1.62. The summed E-state index contributed by atoms with van der Waals surface area (Å²) >= 11 is 7.47. The van der Waals surface area contributed by atoms with E-state index in [0.717, 1.165) is 16.9 Å². The number of nitrogens with one attached hydrogen (secondary N) is 1. The zero-order chi connectivity index (χ0) is 25.5. The van der Waals surface area contributed by atoms with Crippen LogP contribution in [-0.2, 0) is 22.7 Å². The summed E-state index contributed by atoms with van der Waals surface area (Å²) in [6.45, 7) is 10.4. The van der Waals surface area contributed by atoms with Crippen molar-refractivity contribution in [1.29, 1.82) is 0 Å². The van der Waals surface area contributed by atoms with E-state index in [1.54, 1.807) is 26.0 Å². The normalized spacial score (nSPS) is 10.9. The standard InChI is InChI=1S/C25H29ClN4O4S/c1-6-30-21(13-33-23-16(4)8-7-9-17(23)5)28-29-25(30)35-14-22(31)27-20-12-18(10-11-19(20)26)24(32)34-15(2)3/h7-12,15H,6,13-14H2,1-5H3,(H,27,31). The summed E-state index contributed by atoms with van der Waals surface area (Å²) in [5.41, 5.74) is 2.76. The predicted molar refractivity (Wildman–Crippen MR) is 137 cm³/mol. The minimum absolute atomic E-state index is 0.0902. The molecule has 1 N–H and O–H groups in total. The molecule has 0 aliphatic carbocycles. The zero-order valence-electron chi connectivity index (χ0n) is 20.4. The van der Waals surface area contributed by atoms with Crippen LogP contribution >= 0.6 is 23.4 Å². The average Bonchev–Trinajstić information content (AvgIpc) is 3.20. The van der Waals surface area contributed by atoms with E-state index >= 15 is 0 Å². The van der Waals surface area contributed by atoms with E-state index < -0.39 is 5.97 Å². The molecule has 0 fully saturated rings. The molecule has 0 radical (unpaired) electrons. The van der Waals surface area contributed by atoms with Gasteiger partial charge in [-0.15, -0.1) is 10.2 Å². The van der Waals surface area contributed by atoms with Gasteiger partial charge in [-0.3, -0.25) is 4.79 Å². The van der Waals surface area contributed by atoms with E-state index in [0.29, 0.717) is 33.8 Å². The van der Waals surface area contributed by atoms with Gasteiger partial charge in [-0.25, -0.2) is 4.79 Å². The lowest BCUT2D eigenvalue weighted by Gasteiger charge is -2.13. The minimum Gasteiger partial charge on any atom is -0.485 e. The molecule has 1 aromatic heterocycles. The van der Waals surface area contributed by atoms with Crippen molar-refractivity contribution in [1.82, 2.24) is 14.8 Å². The molecule has 0 atom stereocenters. The number of anilines is 1. The quantitative estimate of drug-likeness (QED) is 0.283. The number of halogens is 1. The monoisotopic (exact) mass is 516 g/mol. The van der Waals surface area contributed by atoms with E-state index in [9.17, 15) is 9.59 Å². The number of esters is 1. The molecule has 2 aromatic carbocycles. The highest BCUT2D eigenvalue weighted by Gasteiger charge is 2.17. The number of amides is 1. The van der Waals surface area contributed by atoms with Crippen LogP contribution in [0.4, 0.5) is 5.69 Å². The summed E-state index contributed by atoms with van der Waals surface area (Å²) in [7, 11) is 0. The Morgan fingerprint density at radius 2 is 1.86 bits per heavy atom. The lowest BCUT2D eigenvalue weighted by atomic mass is 10.1. The van der Waals surface area contributed by atoms with Gasteiger partial charge in [0, 0.05) is 6.54 Å². The maximum absolute atomic E-state index is 12.6. The number of hydrogen-bond acceptors (Lipinski definition) is 7. The summed E-state index contributed by atoms with van der Waals surface area (Å²) in [6.07, 6.45) is -0.250. The van der Waals surface area contributed by atoms with Crippen LogP contribution < -0.4 is 10.1 Å². The number of benzene rings is 2. The molecule has 1 amide bonds. The van der Waals surface area contributed by atoms with Crippen molar-refractivity contribution in [2.24, 2.45) is 0 Å². The fourth-order valence-electron chi connectivity index (χ4n) is 3.36. The maximum atomic E-state index is 12.6. The molecular weight excluding hydrogens is 488 g/mol. The molecule has 35 heavy (non-hydrogen) atoms. The third-order valence-corrected chi connectivity index (χ3v) is 6.31. The number of hydrogen-bond donors (Lipinski definition) is 1. The first kappa shape index (κ1) is 26.6. The SMILES string of the molecule is CCn1c(COc2c(C)cccc2C)nnc1SCC(=O)Nc1cc(C(=O)OC(C)C)ccc1Cl. The summed E-state index contributed by atoms with van der Waals surface area (Å²) in [4.78, 5) is 24.8. The van der Waals surface area contributed by atoms with Crippen LogP contribution in [0, 0.1) is 13.8 Å². The van der Waals surface area contributed by atoms with Gasteiger partial charge in [-0.2, -0.15) is 0 Å². The third kappa shape index (κ3) is 6.99. The van der Waals surface area contributed by atoms with Crippen molar-refractivity contribution in [2.75, 3.05) is 11.1 Å². The minimum atomic E-state index is -0.478. The smallest absolute Gasteiger partial charge is 0.338 e. The lowest BCUT2D eigenvalue weighted by molar-refractivity contribution is -0.113. The Hall–Kier alpha value is -3.04. The summed E-state index contributed by atoms with van der Waals surface area (Å²) in [6, 6.07) is 10.6. The molecule has 0 aliphatic rings. The summed E-state index contributed by atoms with van der Waals surface area (Å²) in [5, 5.41) is 12.2. The van der Waals surface area contributed by atoms with E-state index in [1.807, 2.05) is 43.5 Å². The molecule has 0 unspecified atom stereocenters. The second kappa shape index (κ2) is 12.1. The van der Waals surface area contributed by atoms with Crippen molar-refractivity contribution in [2.45, 2.75) is 59.0 Å². The van der Waals surface area contributed by atoms with Crippen LogP contribution in [0.3, 0.4) is 0 Å². The molecule has 3 rings (SSSR count). The highest BCUT2D eigenvalue weighted by molar-refractivity contribution is 7.99. The first-order chi connectivity index (χ1) is 16.7. The van der Waals surface area contributed by atoms with Crippen LogP contribution in [0.15, 0.2) is 41.6 Å². The first-order valence-electron chi connectivity index (χ1n) is 11.2. The number of carbonyl (C=O) groups excluding carboxylic acids is 2. The molecule has 0 saturated heterocycles. The van der Waals surface area contributed by atoms with Gasteiger partial charge in [0.2, 0.25) is 5.91 Å². The predicted octanol–water partition coefficient (Wildman–Crippen LogP) is 5.44. The number of rotatable bonds is 10. The van der Waals surface area contributed by atoms with E-state index in [-0.39, 0.29) is 24.4 Å². The molecular formula is C25H29ClN4O4S. The second-order valence-corrected chi connectivity index (χ2v) is 9.49. The van der Waals surface area contributed by atoms with Gasteiger partial charge in [0.15, 0.2) is 11.0 Å². The van der Waals surface area contributed by atoms with Crippen LogP contribution in [0.5, 0.6) is 5.75 Å². The molecule has 0 spiro atoms. The van der Waals surface area contributed by atoms with Crippen LogP contribution in [0.1, 0.15) is 48.1 Å². The molecule has 8 nitrogen and oxygen atoms in total. The van der Waals surface area contributed by atoms with Gasteiger partial charge >= 0.3 is 5.97 Å². The van der Waals surface area contributed by atoms with Crippen molar-refractivity contribution < 1.29 is 19.1 Å². The molecule has 3 aromatic rings. The van der Waals surface area contributed by atoms with Crippen molar-refractivity contribution in [3.8, 4) is 5.75 Å².